The summed E-state index contributed by atoms with van der Waals surface area (Å²) in [5.41, 5.74) is 1.33. The van der Waals surface area contributed by atoms with Crippen molar-refractivity contribution in [1.82, 2.24) is 9.80 Å². The molecule has 3 aliphatic rings. The number of rotatable bonds is 7. The van der Waals surface area contributed by atoms with Gasteiger partial charge in [-0.05, 0) is 69.5 Å². The van der Waals surface area contributed by atoms with Crippen LogP contribution in [0.5, 0.6) is 11.5 Å². The van der Waals surface area contributed by atoms with Gasteiger partial charge in [-0.2, -0.15) is 0 Å². The Morgan fingerprint density at radius 3 is 2.68 bits per heavy atom. The van der Waals surface area contributed by atoms with Crippen molar-refractivity contribution < 1.29 is 19.0 Å². The van der Waals surface area contributed by atoms with E-state index in [2.05, 4.69) is 9.80 Å². The standard InChI is InChI=1S/C25H38N2O4/c1-29-21-9-7-20(23(18-21)30-2)8-10-24(28)26-14-4-11-25(13-16-26)12-5-15-27(25)19-22-6-3-17-31-22/h7,9,18,22H,3-6,8,10-17,19H2,1-2H3/t22-,25+/m0/s1. The second-order valence-electron chi connectivity index (χ2n) is 9.32. The Morgan fingerprint density at radius 1 is 1.10 bits per heavy atom. The van der Waals surface area contributed by atoms with E-state index in [0.717, 1.165) is 56.1 Å². The fourth-order valence-corrected chi connectivity index (χ4v) is 5.77. The number of hydrogen-bond donors (Lipinski definition) is 0. The molecule has 6 nitrogen and oxygen atoms in total. The lowest BCUT2D eigenvalue weighted by Crippen LogP contribution is -2.47. The minimum Gasteiger partial charge on any atom is -0.497 e. The van der Waals surface area contributed by atoms with Crippen molar-refractivity contribution in [2.75, 3.05) is 47.0 Å². The van der Waals surface area contributed by atoms with Gasteiger partial charge in [0.1, 0.15) is 11.5 Å². The summed E-state index contributed by atoms with van der Waals surface area (Å²) < 4.78 is 16.7. The van der Waals surface area contributed by atoms with Crippen molar-refractivity contribution in [3.63, 3.8) is 0 Å². The number of benzene rings is 1. The number of aryl methyl sites for hydroxylation is 1. The van der Waals surface area contributed by atoms with Crippen molar-refractivity contribution in [1.29, 1.82) is 0 Å². The highest BCUT2D eigenvalue weighted by Gasteiger charge is 2.43. The molecule has 1 spiro atoms. The largest absolute Gasteiger partial charge is 0.497 e. The molecule has 4 rings (SSSR count). The van der Waals surface area contributed by atoms with E-state index in [9.17, 15) is 4.79 Å². The summed E-state index contributed by atoms with van der Waals surface area (Å²) in [5, 5.41) is 0. The maximum Gasteiger partial charge on any atom is 0.222 e. The molecular formula is C25H38N2O4. The highest BCUT2D eigenvalue weighted by Crippen LogP contribution is 2.39. The van der Waals surface area contributed by atoms with Crippen LogP contribution in [0.3, 0.4) is 0 Å². The van der Waals surface area contributed by atoms with Gasteiger partial charge in [0.05, 0.1) is 20.3 Å². The van der Waals surface area contributed by atoms with Crippen molar-refractivity contribution in [3.8, 4) is 11.5 Å². The van der Waals surface area contributed by atoms with E-state index < -0.39 is 0 Å². The van der Waals surface area contributed by atoms with E-state index in [0.29, 0.717) is 18.9 Å². The van der Waals surface area contributed by atoms with Gasteiger partial charge in [-0.25, -0.2) is 0 Å². The number of nitrogens with zero attached hydrogens (tertiary/aromatic N) is 2. The maximum atomic E-state index is 13.0. The Labute approximate surface area is 186 Å². The molecule has 3 saturated heterocycles. The summed E-state index contributed by atoms with van der Waals surface area (Å²) in [5.74, 6) is 1.82. The quantitative estimate of drug-likeness (QED) is 0.661. The summed E-state index contributed by atoms with van der Waals surface area (Å²) in [6.45, 7) is 4.94. The van der Waals surface area contributed by atoms with E-state index in [4.69, 9.17) is 14.2 Å². The molecule has 1 amide bonds. The van der Waals surface area contributed by atoms with Crippen LogP contribution in [0.15, 0.2) is 18.2 Å². The van der Waals surface area contributed by atoms with Gasteiger partial charge in [-0.15, -0.1) is 0 Å². The van der Waals surface area contributed by atoms with E-state index in [1.54, 1.807) is 14.2 Å². The van der Waals surface area contributed by atoms with Gasteiger partial charge in [-0.3, -0.25) is 9.69 Å². The molecule has 3 heterocycles. The van der Waals surface area contributed by atoms with Crippen LogP contribution >= 0.6 is 0 Å². The number of methoxy groups -OCH3 is 2. The molecule has 0 radical (unpaired) electrons. The summed E-state index contributed by atoms with van der Waals surface area (Å²) in [4.78, 5) is 17.8. The van der Waals surface area contributed by atoms with Gasteiger partial charge in [0.25, 0.3) is 0 Å². The SMILES string of the molecule is COc1ccc(CCC(=O)N2CCC[C@@]3(CCCN3C[C@@H]3CCCO3)CC2)c(OC)c1. The molecule has 3 fully saturated rings. The Kier molecular flexibility index (Phi) is 7.39. The van der Waals surface area contributed by atoms with E-state index in [1.165, 1.54) is 38.6 Å². The van der Waals surface area contributed by atoms with Crippen molar-refractivity contribution in [2.24, 2.45) is 0 Å². The van der Waals surface area contributed by atoms with Crippen LogP contribution in [0.4, 0.5) is 0 Å². The highest BCUT2D eigenvalue weighted by molar-refractivity contribution is 5.76. The Hall–Kier alpha value is -1.79. The molecule has 0 N–H and O–H groups in total. The zero-order valence-electron chi connectivity index (χ0n) is 19.2. The molecule has 172 valence electrons. The lowest BCUT2D eigenvalue weighted by Gasteiger charge is -2.39. The minimum absolute atomic E-state index is 0.263. The molecule has 3 aliphatic heterocycles. The van der Waals surface area contributed by atoms with Gasteiger partial charge >= 0.3 is 0 Å². The number of carbonyl (C=O) groups excluding carboxylic acids is 1. The molecule has 0 saturated carbocycles. The van der Waals surface area contributed by atoms with Gasteiger partial charge in [-0.1, -0.05) is 6.07 Å². The lowest BCUT2D eigenvalue weighted by molar-refractivity contribution is -0.131. The molecule has 6 heteroatoms. The van der Waals surface area contributed by atoms with Gasteiger partial charge < -0.3 is 19.1 Å². The monoisotopic (exact) mass is 430 g/mol. The predicted octanol–water partition coefficient (Wildman–Crippen LogP) is 3.66. The molecule has 0 unspecified atom stereocenters. The molecule has 0 bridgehead atoms. The molecule has 0 aliphatic carbocycles. The Balaban J connectivity index is 1.32. The first-order valence-corrected chi connectivity index (χ1v) is 12.0. The fraction of sp³-hybridized carbons (Fsp3) is 0.720. The number of amides is 1. The number of likely N-dealkylation sites (tertiary alicyclic amines) is 2. The molecule has 2 atom stereocenters. The summed E-state index contributed by atoms with van der Waals surface area (Å²) in [6, 6.07) is 5.82. The summed E-state index contributed by atoms with van der Waals surface area (Å²) in [7, 11) is 3.31. The maximum absolute atomic E-state index is 13.0. The summed E-state index contributed by atoms with van der Waals surface area (Å²) >= 11 is 0. The van der Waals surface area contributed by atoms with Crippen LogP contribution < -0.4 is 9.47 Å². The minimum atomic E-state index is 0.263. The van der Waals surface area contributed by atoms with Gasteiger partial charge in [0.2, 0.25) is 5.91 Å². The third kappa shape index (κ3) is 5.17. The average molecular weight is 431 g/mol. The topological polar surface area (TPSA) is 51.2 Å². The van der Waals surface area contributed by atoms with Crippen LogP contribution in [-0.4, -0.2) is 74.4 Å². The zero-order chi connectivity index (χ0) is 21.7. The number of hydrogen-bond acceptors (Lipinski definition) is 5. The van der Waals surface area contributed by atoms with Gasteiger partial charge in [0, 0.05) is 44.3 Å². The van der Waals surface area contributed by atoms with Gasteiger partial charge in [0.15, 0.2) is 0 Å². The third-order valence-corrected chi connectivity index (χ3v) is 7.56. The van der Waals surface area contributed by atoms with E-state index in [1.807, 2.05) is 18.2 Å². The normalized spacial score (nSPS) is 26.9. The summed E-state index contributed by atoms with van der Waals surface area (Å²) in [6.07, 6.45) is 9.97. The average Bonchev–Trinajstić information content (AvgIpc) is 3.39. The lowest BCUT2D eigenvalue weighted by atomic mass is 9.87. The second kappa shape index (κ2) is 10.2. The first-order valence-electron chi connectivity index (χ1n) is 12.0. The third-order valence-electron chi connectivity index (χ3n) is 7.56. The van der Waals surface area contributed by atoms with Crippen LogP contribution in [0.25, 0.3) is 0 Å². The second-order valence-corrected chi connectivity index (χ2v) is 9.32. The molecular weight excluding hydrogens is 392 g/mol. The van der Waals surface area contributed by atoms with Crippen LogP contribution in [0, 0.1) is 0 Å². The van der Waals surface area contributed by atoms with E-state index >= 15 is 0 Å². The van der Waals surface area contributed by atoms with Crippen LogP contribution in [0.2, 0.25) is 0 Å². The number of carbonyl (C=O) groups is 1. The van der Waals surface area contributed by atoms with Crippen molar-refractivity contribution in [2.45, 2.75) is 69.4 Å². The smallest absolute Gasteiger partial charge is 0.222 e. The fourth-order valence-electron chi connectivity index (χ4n) is 5.77. The number of ether oxygens (including phenoxy) is 3. The Morgan fingerprint density at radius 2 is 1.94 bits per heavy atom. The molecule has 0 aromatic heterocycles. The molecule has 1 aromatic carbocycles. The first kappa shape index (κ1) is 22.4. The molecule has 1 aromatic rings. The Bertz CT molecular complexity index is 749. The zero-order valence-corrected chi connectivity index (χ0v) is 19.2. The van der Waals surface area contributed by atoms with Crippen molar-refractivity contribution in [3.05, 3.63) is 23.8 Å². The van der Waals surface area contributed by atoms with E-state index in [-0.39, 0.29) is 11.4 Å². The molecule has 31 heavy (non-hydrogen) atoms. The first-order chi connectivity index (χ1) is 15.1. The predicted molar refractivity (Wildman–Crippen MR) is 121 cm³/mol. The van der Waals surface area contributed by atoms with Crippen molar-refractivity contribution >= 4 is 5.91 Å². The van der Waals surface area contributed by atoms with Crippen LogP contribution in [-0.2, 0) is 16.0 Å². The van der Waals surface area contributed by atoms with Crippen LogP contribution in [0.1, 0.15) is 56.9 Å². The highest BCUT2D eigenvalue weighted by atomic mass is 16.5.